The lowest BCUT2D eigenvalue weighted by Crippen LogP contribution is -2.08. The average molecular weight is 277 g/mol. The predicted molar refractivity (Wildman–Crippen MR) is 70.3 cm³/mol. The van der Waals surface area contributed by atoms with Crippen LogP contribution in [0.1, 0.15) is 23.1 Å². The average Bonchev–Trinajstić information content (AvgIpc) is 2.37. The van der Waals surface area contributed by atoms with Crippen molar-refractivity contribution >= 4 is 5.97 Å². The number of nitrogens with zero attached hydrogens (tertiary/aromatic N) is 1. The molecule has 20 heavy (non-hydrogen) atoms. The standard InChI is InChI=1S/C15H13F2NO2/c1-3-20-15(19)14-7-10(4-9(2)18-14)11-5-12(16)8-13(17)6-11/h4-8H,3H2,1-2H3. The Hall–Kier alpha value is -2.30. The van der Waals surface area contributed by atoms with Crippen LogP contribution < -0.4 is 0 Å². The van der Waals surface area contributed by atoms with Crippen molar-refractivity contribution in [1.82, 2.24) is 4.98 Å². The molecule has 0 spiro atoms. The van der Waals surface area contributed by atoms with Crippen LogP contribution in [0.5, 0.6) is 0 Å². The fourth-order valence-electron chi connectivity index (χ4n) is 1.87. The normalized spacial score (nSPS) is 10.4. The first-order chi connectivity index (χ1) is 9.49. The molecule has 1 heterocycles. The van der Waals surface area contributed by atoms with Gasteiger partial charge in [0.15, 0.2) is 0 Å². The van der Waals surface area contributed by atoms with Gasteiger partial charge in [-0.1, -0.05) is 0 Å². The van der Waals surface area contributed by atoms with Crippen LogP contribution in [0, 0.1) is 18.6 Å². The van der Waals surface area contributed by atoms with Gasteiger partial charge >= 0.3 is 5.97 Å². The lowest BCUT2D eigenvalue weighted by molar-refractivity contribution is 0.0519. The highest BCUT2D eigenvalue weighted by molar-refractivity contribution is 5.89. The van der Waals surface area contributed by atoms with Gasteiger partial charge in [0.1, 0.15) is 17.3 Å². The van der Waals surface area contributed by atoms with E-state index in [1.54, 1.807) is 19.9 Å². The van der Waals surface area contributed by atoms with Crippen LogP contribution in [0.4, 0.5) is 8.78 Å². The minimum Gasteiger partial charge on any atom is -0.461 e. The van der Waals surface area contributed by atoms with E-state index in [-0.39, 0.29) is 12.3 Å². The summed E-state index contributed by atoms with van der Waals surface area (Å²) < 4.78 is 31.4. The van der Waals surface area contributed by atoms with Gasteiger partial charge in [-0.2, -0.15) is 0 Å². The maximum atomic E-state index is 13.2. The van der Waals surface area contributed by atoms with Crippen molar-refractivity contribution in [2.45, 2.75) is 13.8 Å². The van der Waals surface area contributed by atoms with Crippen LogP contribution in [0.2, 0.25) is 0 Å². The first kappa shape index (κ1) is 14.1. The molecule has 0 aliphatic carbocycles. The monoisotopic (exact) mass is 277 g/mol. The van der Waals surface area contributed by atoms with E-state index in [4.69, 9.17) is 4.74 Å². The topological polar surface area (TPSA) is 39.2 Å². The van der Waals surface area contributed by atoms with E-state index in [0.29, 0.717) is 16.8 Å². The number of pyridine rings is 1. The van der Waals surface area contributed by atoms with Crippen molar-refractivity contribution in [1.29, 1.82) is 0 Å². The Morgan fingerprint density at radius 3 is 2.30 bits per heavy atom. The number of hydrogen-bond donors (Lipinski definition) is 0. The summed E-state index contributed by atoms with van der Waals surface area (Å²) in [5, 5.41) is 0. The Balaban J connectivity index is 2.49. The van der Waals surface area contributed by atoms with Crippen LogP contribution in [0.25, 0.3) is 11.1 Å². The van der Waals surface area contributed by atoms with Crippen LogP contribution in [0.3, 0.4) is 0 Å². The highest BCUT2D eigenvalue weighted by Gasteiger charge is 2.12. The van der Waals surface area contributed by atoms with Crippen molar-refractivity contribution in [3.8, 4) is 11.1 Å². The summed E-state index contributed by atoms with van der Waals surface area (Å²) >= 11 is 0. The van der Waals surface area contributed by atoms with Crippen molar-refractivity contribution in [2.24, 2.45) is 0 Å². The minimum absolute atomic E-state index is 0.117. The maximum absolute atomic E-state index is 13.2. The quantitative estimate of drug-likeness (QED) is 0.806. The lowest BCUT2D eigenvalue weighted by Gasteiger charge is -2.07. The molecule has 0 bridgehead atoms. The van der Waals surface area contributed by atoms with Crippen molar-refractivity contribution in [2.75, 3.05) is 6.61 Å². The highest BCUT2D eigenvalue weighted by Crippen LogP contribution is 2.23. The van der Waals surface area contributed by atoms with Crippen molar-refractivity contribution < 1.29 is 18.3 Å². The zero-order chi connectivity index (χ0) is 14.7. The Bertz CT molecular complexity index is 636. The number of aromatic nitrogens is 1. The molecule has 2 aromatic rings. The second kappa shape index (κ2) is 5.77. The van der Waals surface area contributed by atoms with E-state index in [2.05, 4.69) is 4.98 Å². The van der Waals surface area contributed by atoms with Gasteiger partial charge in [0.05, 0.1) is 6.61 Å². The minimum atomic E-state index is -0.674. The second-order valence-electron chi connectivity index (χ2n) is 4.26. The van der Waals surface area contributed by atoms with Gasteiger partial charge in [-0.25, -0.2) is 18.6 Å². The zero-order valence-corrected chi connectivity index (χ0v) is 11.1. The Morgan fingerprint density at radius 2 is 1.70 bits per heavy atom. The van der Waals surface area contributed by atoms with E-state index in [0.717, 1.165) is 6.07 Å². The molecular weight excluding hydrogens is 264 g/mol. The number of aryl methyl sites for hydroxylation is 1. The molecule has 3 nitrogen and oxygen atoms in total. The van der Waals surface area contributed by atoms with E-state index in [1.165, 1.54) is 18.2 Å². The number of benzene rings is 1. The summed E-state index contributed by atoms with van der Waals surface area (Å²) in [6.07, 6.45) is 0. The third-order valence-electron chi connectivity index (χ3n) is 2.63. The summed E-state index contributed by atoms with van der Waals surface area (Å²) in [4.78, 5) is 15.7. The predicted octanol–water partition coefficient (Wildman–Crippen LogP) is 3.51. The summed E-state index contributed by atoms with van der Waals surface area (Å²) in [7, 11) is 0. The fourth-order valence-corrected chi connectivity index (χ4v) is 1.87. The molecule has 0 saturated heterocycles. The molecule has 0 fully saturated rings. The molecule has 0 aliphatic heterocycles. The molecular formula is C15H13F2NO2. The summed E-state index contributed by atoms with van der Waals surface area (Å²) in [5.74, 6) is -1.91. The Kier molecular flexibility index (Phi) is 4.08. The van der Waals surface area contributed by atoms with Gasteiger partial charge in [-0.15, -0.1) is 0 Å². The molecule has 1 aromatic carbocycles. The number of esters is 1. The molecule has 0 atom stereocenters. The summed E-state index contributed by atoms with van der Waals surface area (Å²) in [5.41, 5.74) is 1.54. The van der Waals surface area contributed by atoms with Crippen LogP contribution in [-0.2, 0) is 4.74 Å². The summed E-state index contributed by atoms with van der Waals surface area (Å²) in [6.45, 7) is 3.62. The Morgan fingerprint density at radius 1 is 1.10 bits per heavy atom. The molecule has 0 amide bonds. The van der Waals surface area contributed by atoms with Gasteiger partial charge < -0.3 is 4.74 Å². The van der Waals surface area contributed by atoms with Crippen LogP contribution >= 0.6 is 0 Å². The highest BCUT2D eigenvalue weighted by atomic mass is 19.1. The van der Waals surface area contributed by atoms with E-state index in [9.17, 15) is 13.6 Å². The van der Waals surface area contributed by atoms with Crippen LogP contribution in [0.15, 0.2) is 30.3 Å². The molecule has 5 heteroatoms. The summed E-state index contributed by atoms with van der Waals surface area (Å²) in [6, 6.07) is 6.31. The third-order valence-corrected chi connectivity index (χ3v) is 2.63. The zero-order valence-electron chi connectivity index (χ0n) is 11.1. The maximum Gasteiger partial charge on any atom is 0.356 e. The largest absolute Gasteiger partial charge is 0.461 e. The Labute approximate surface area is 115 Å². The molecule has 0 radical (unpaired) electrons. The number of hydrogen-bond acceptors (Lipinski definition) is 3. The molecule has 2 rings (SSSR count). The molecule has 0 unspecified atom stereocenters. The van der Waals surface area contributed by atoms with Crippen molar-refractivity contribution in [3.63, 3.8) is 0 Å². The van der Waals surface area contributed by atoms with E-state index in [1.807, 2.05) is 0 Å². The third kappa shape index (κ3) is 3.17. The number of rotatable bonds is 3. The first-order valence-corrected chi connectivity index (χ1v) is 6.12. The SMILES string of the molecule is CCOC(=O)c1cc(-c2cc(F)cc(F)c2)cc(C)n1. The fraction of sp³-hybridized carbons (Fsp3) is 0.200. The molecule has 1 aromatic heterocycles. The number of carbonyl (C=O) groups is 1. The van der Waals surface area contributed by atoms with Gasteiger partial charge in [0.2, 0.25) is 0 Å². The van der Waals surface area contributed by atoms with Gasteiger partial charge in [0.25, 0.3) is 0 Å². The molecule has 0 N–H and O–H groups in total. The molecule has 0 aliphatic rings. The number of carbonyl (C=O) groups excluding carboxylic acids is 1. The molecule has 104 valence electrons. The van der Waals surface area contributed by atoms with Gasteiger partial charge in [-0.3, -0.25) is 0 Å². The van der Waals surface area contributed by atoms with Crippen LogP contribution in [-0.4, -0.2) is 17.6 Å². The number of ether oxygens (including phenoxy) is 1. The van der Waals surface area contributed by atoms with E-state index < -0.39 is 17.6 Å². The first-order valence-electron chi connectivity index (χ1n) is 6.12. The second-order valence-corrected chi connectivity index (χ2v) is 4.26. The lowest BCUT2D eigenvalue weighted by atomic mass is 10.0. The van der Waals surface area contributed by atoms with Gasteiger partial charge in [-0.05, 0) is 49.2 Å². The van der Waals surface area contributed by atoms with E-state index >= 15 is 0 Å². The number of halogens is 2. The smallest absolute Gasteiger partial charge is 0.356 e. The van der Waals surface area contributed by atoms with Gasteiger partial charge in [0, 0.05) is 11.8 Å². The van der Waals surface area contributed by atoms with Crippen molar-refractivity contribution in [3.05, 3.63) is 53.4 Å². The molecule has 0 saturated carbocycles.